The predicted octanol–water partition coefficient (Wildman–Crippen LogP) is 0.463. The molecular formula is C13H10IN3O5. The molecule has 0 atom stereocenters. The van der Waals surface area contributed by atoms with Crippen molar-refractivity contribution in [2.45, 2.75) is 0 Å². The van der Waals surface area contributed by atoms with E-state index >= 15 is 0 Å². The molecule has 0 aliphatic rings. The zero-order valence-electron chi connectivity index (χ0n) is 11.0. The van der Waals surface area contributed by atoms with Crippen LogP contribution in [0.15, 0.2) is 40.1 Å². The Bertz CT molecular complexity index is 827. The summed E-state index contributed by atoms with van der Waals surface area (Å²) in [6.45, 7) is -0.553. The van der Waals surface area contributed by atoms with Gasteiger partial charge in [-0.1, -0.05) is 6.07 Å². The number of anilines is 1. The van der Waals surface area contributed by atoms with Gasteiger partial charge in [-0.3, -0.25) is 14.6 Å². The highest BCUT2D eigenvalue weighted by Gasteiger charge is 2.14. The van der Waals surface area contributed by atoms with Crippen molar-refractivity contribution in [3.63, 3.8) is 0 Å². The highest BCUT2D eigenvalue weighted by Crippen LogP contribution is 2.12. The molecule has 0 aliphatic carbocycles. The molecule has 3 N–H and O–H groups in total. The molecule has 1 aromatic carbocycles. The monoisotopic (exact) mass is 415 g/mol. The van der Waals surface area contributed by atoms with Crippen molar-refractivity contribution in [1.29, 1.82) is 0 Å². The number of carbonyl (C=O) groups excluding carboxylic acids is 2. The van der Waals surface area contributed by atoms with Crippen molar-refractivity contribution >= 4 is 40.2 Å². The van der Waals surface area contributed by atoms with Crippen LogP contribution in [0, 0.1) is 3.57 Å². The lowest BCUT2D eigenvalue weighted by Crippen LogP contribution is -2.29. The molecule has 1 heterocycles. The van der Waals surface area contributed by atoms with Crippen LogP contribution in [-0.2, 0) is 9.53 Å². The standard InChI is InChI=1S/C13H10IN3O5/c14-7-2-1-3-8(4-7)16-10(18)6-22-12(20)9-5-15-13(21)17-11(9)19/h1-5H,6H2,(H,16,18)(H2,15,17,19,21). The molecule has 0 fully saturated rings. The van der Waals surface area contributed by atoms with Crippen molar-refractivity contribution in [2.75, 3.05) is 11.9 Å². The number of hydrogen-bond donors (Lipinski definition) is 3. The predicted molar refractivity (Wildman–Crippen MR) is 85.8 cm³/mol. The van der Waals surface area contributed by atoms with Gasteiger partial charge in [0.15, 0.2) is 6.61 Å². The average Bonchev–Trinajstić information content (AvgIpc) is 2.45. The van der Waals surface area contributed by atoms with Crippen LogP contribution >= 0.6 is 22.6 Å². The first-order chi connectivity index (χ1) is 10.5. The zero-order valence-corrected chi connectivity index (χ0v) is 13.2. The summed E-state index contributed by atoms with van der Waals surface area (Å²) in [6, 6.07) is 7.06. The normalized spacial score (nSPS) is 10.0. The Morgan fingerprint density at radius 2 is 2.05 bits per heavy atom. The van der Waals surface area contributed by atoms with Gasteiger partial charge in [0, 0.05) is 15.5 Å². The van der Waals surface area contributed by atoms with Crippen molar-refractivity contribution in [2.24, 2.45) is 0 Å². The number of hydrogen-bond acceptors (Lipinski definition) is 5. The molecule has 1 aromatic heterocycles. The highest BCUT2D eigenvalue weighted by molar-refractivity contribution is 14.1. The molecule has 8 nitrogen and oxygen atoms in total. The van der Waals surface area contributed by atoms with E-state index in [4.69, 9.17) is 4.74 Å². The maximum atomic E-state index is 11.7. The molecule has 0 radical (unpaired) electrons. The molecular weight excluding hydrogens is 405 g/mol. The van der Waals surface area contributed by atoms with Crippen molar-refractivity contribution < 1.29 is 14.3 Å². The van der Waals surface area contributed by atoms with E-state index in [1.807, 2.05) is 11.1 Å². The van der Waals surface area contributed by atoms with Crippen molar-refractivity contribution in [3.8, 4) is 0 Å². The SMILES string of the molecule is O=C(COC(=O)c1c[nH]c(=O)[nH]c1=O)Nc1cccc(I)c1. The van der Waals surface area contributed by atoms with E-state index in [0.717, 1.165) is 9.77 Å². The quantitative estimate of drug-likeness (QED) is 0.495. The third-order valence-electron chi connectivity index (χ3n) is 2.48. The summed E-state index contributed by atoms with van der Waals surface area (Å²) in [5.74, 6) is -1.55. The molecule has 2 rings (SSSR count). The van der Waals surface area contributed by atoms with Crippen LogP contribution in [0.4, 0.5) is 5.69 Å². The maximum absolute atomic E-state index is 11.7. The smallest absolute Gasteiger partial charge is 0.345 e. The number of carbonyl (C=O) groups is 2. The first-order valence-corrected chi connectivity index (χ1v) is 7.08. The number of halogens is 1. The Kier molecular flexibility index (Phi) is 5.09. The summed E-state index contributed by atoms with van der Waals surface area (Å²) in [6.07, 6.45) is 0.932. The number of aromatic nitrogens is 2. The van der Waals surface area contributed by atoms with Crippen LogP contribution in [0.1, 0.15) is 10.4 Å². The van der Waals surface area contributed by atoms with Gasteiger partial charge in [-0.15, -0.1) is 0 Å². The number of H-pyrrole nitrogens is 2. The molecule has 1 amide bonds. The number of esters is 1. The van der Waals surface area contributed by atoms with Gasteiger partial charge in [-0.05, 0) is 40.8 Å². The van der Waals surface area contributed by atoms with E-state index in [0.29, 0.717) is 5.69 Å². The average molecular weight is 415 g/mol. The molecule has 2 aromatic rings. The second-order valence-electron chi connectivity index (χ2n) is 4.12. The fourth-order valence-corrected chi connectivity index (χ4v) is 2.08. The van der Waals surface area contributed by atoms with Crippen LogP contribution < -0.4 is 16.6 Å². The lowest BCUT2D eigenvalue weighted by atomic mass is 10.3. The Labute approximate surface area is 137 Å². The molecule has 9 heteroatoms. The molecule has 0 saturated heterocycles. The molecule has 0 bridgehead atoms. The number of nitrogens with one attached hydrogen (secondary N) is 3. The molecule has 22 heavy (non-hydrogen) atoms. The van der Waals surface area contributed by atoms with Gasteiger partial charge in [0.25, 0.3) is 11.5 Å². The van der Waals surface area contributed by atoms with Crippen LogP contribution in [0.2, 0.25) is 0 Å². The molecule has 0 aliphatic heterocycles. The van der Waals surface area contributed by atoms with Gasteiger partial charge in [0.1, 0.15) is 5.56 Å². The Hall–Kier alpha value is -2.43. The number of aromatic amines is 2. The van der Waals surface area contributed by atoms with E-state index in [-0.39, 0.29) is 5.56 Å². The minimum Gasteiger partial charge on any atom is -0.452 e. The van der Waals surface area contributed by atoms with Crippen molar-refractivity contribution in [1.82, 2.24) is 9.97 Å². The van der Waals surface area contributed by atoms with E-state index < -0.39 is 29.7 Å². The number of ether oxygens (including phenoxy) is 1. The lowest BCUT2D eigenvalue weighted by Gasteiger charge is -2.06. The van der Waals surface area contributed by atoms with Crippen LogP contribution in [-0.4, -0.2) is 28.5 Å². The van der Waals surface area contributed by atoms with E-state index in [2.05, 4.69) is 32.9 Å². The van der Waals surface area contributed by atoms with Crippen LogP contribution in [0.3, 0.4) is 0 Å². The fraction of sp³-hybridized carbons (Fsp3) is 0.0769. The maximum Gasteiger partial charge on any atom is 0.345 e. The lowest BCUT2D eigenvalue weighted by molar-refractivity contribution is -0.119. The Balaban J connectivity index is 1.94. The van der Waals surface area contributed by atoms with Gasteiger partial charge >= 0.3 is 11.7 Å². The van der Waals surface area contributed by atoms with Crippen LogP contribution in [0.25, 0.3) is 0 Å². The number of benzene rings is 1. The minimum atomic E-state index is -1.00. The first kappa shape index (κ1) is 15.9. The third kappa shape index (κ3) is 4.28. The zero-order chi connectivity index (χ0) is 16.1. The van der Waals surface area contributed by atoms with Gasteiger partial charge < -0.3 is 15.0 Å². The number of amides is 1. The van der Waals surface area contributed by atoms with E-state index in [1.165, 1.54) is 0 Å². The second kappa shape index (κ2) is 7.02. The molecule has 0 saturated carbocycles. The number of rotatable bonds is 4. The summed E-state index contributed by atoms with van der Waals surface area (Å²) in [4.78, 5) is 49.5. The largest absolute Gasteiger partial charge is 0.452 e. The summed E-state index contributed by atoms with van der Waals surface area (Å²) in [5.41, 5.74) is -1.44. The van der Waals surface area contributed by atoms with E-state index in [9.17, 15) is 19.2 Å². The molecule has 0 unspecified atom stereocenters. The topological polar surface area (TPSA) is 121 Å². The van der Waals surface area contributed by atoms with Gasteiger partial charge in [-0.25, -0.2) is 9.59 Å². The summed E-state index contributed by atoms with van der Waals surface area (Å²) in [7, 11) is 0. The Morgan fingerprint density at radius 3 is 2.73 bits per heavy atom. The van der Waals surface area contributed by atoms with Gasteiger partial charge in [-0.2, -0.15) is 0 Å². The van der Waals surface area contributed by atoms with Crippen LogP contribution in [0.5, 0.6) is 0 Å². The second-order valence-corrected chi connectivity index (χ2v) is 5.37. The fourth-order valence-electron chi connectivity index (χ4n) is 1.53. The highest BCUT2D eigenvalue weighted by atomic mass is 127. The summed E-state index contributed by atoms with van der Waals surface area (Å²) < 4.78 is 5.66. The Morgan fingerprint density at radius 1 is 1.27 bits per heavy atom. The van der Waals surface area contributed by atoms with Gasteiger partial charge in [0.2, 0.25) is 0 Å². The third-order valence-corrected chi connectivity index (χ3v) is 3.15. The summed E-state index contributed by atoms with van der Waals surface area (Å²) in [5, 5.41) is 2.55. The summed E-state index contributed by atoms with van der Waals surface area (Å²) >= 11 is 2.09. The molecule has 114 valence electrons. The van der Waals surface area contributed by atoms with Crippen molar-refractivity contribution in [3.05, 3.63) is 60.4 Å². The minimum absolute atomic E-state index is 0.387. The molecule has 0 spiro atoms. The first-order valence-electron chi connectivity index (χ1n) is 6.00. The van der Waals surface area contributed by atoms with Gasteiger partial charge in [0.05, 0.1) is 0 Å². The van der Waals surface area contributed by atoms with E-state index in [1.54, 1.807) is 18.2 Å².